The second-order valence-electron chi connectivity index (χ2n) is 9.10. The Bertz CT molecular complexity index is 856. The van der Waals surface area contributed by atoms with Crippen LogP contribution in [0.15, 0.2) is 52.3 Å². The molecule has 0 saturated carbocycles. The number of rotatable bonds is 8. The third-order valence-electron chi connectivity index (χ3n) is 5.38. The minimum Gasteiger partial charge on any atom is -0.488 e. The topological polar surface area (TPSA) is 44.8 Å². The van der Waals surface area contributed by atoms with Gasteiger partial charge in [-0.25, -0.2) is 4.79 Å². The number of esters is 1. The maximum Gasteiger partial charge on any atom is 0.338 e. The monoisotopic (exact) mass is 446 g/mol. The van der Waals surface area contributed by atoms with Crippen molar-refractivity contribution in [3.8, 4) is 5.75 Å². The Morgan fingerprint density at radius 3 is 2.27 bits per heavy atom. The van der Waals surface area contributed by atoms with Gasteiger partial charge in [0.1, 0.15) is 11.9 Å². The Hall–Kier alpha value is -1.76. The van der Waals surface area contributed by atoms with Gasteiger partial charge in [-0.05, 0) is 62.3 Å². The summed E-state index contributed by atoms with van der Waals surface area (Å²) < 4.78 is 17.3. The van der Waals surface area contributed by atoms with Crippen molar-refractivity contribution in [2.45, 2.75) is 68.6 Å². The first-order valence-corrected chi connectivity index (χ1v) is 13.9. The molecule has 2 aromatic carbocycles. The van der Waals surface area contributed by atoms with Crippen molar-refractivity contribution in [2.24, 2.45) is 0 Å². The predicted octanol–water partition coefficient (Wildman–Crippen LogP) is 6.72. The molecule has 30 heavy (non-hydrogen) atoms. The van der Waals surface area contributed by atoms with Gasteiger partial charge in [-0.3, -0.25) is 0 Å². The van der Waals surface area contributed by atoms with Crippen LogP contribution in [0.3, 0.4) is 0 Å². The average Bonchev–Trinajstić information content (AvgIpc) is 2.66. The van der Waals surface area contributed by atoms with Gasteiger partial charge in [0.15, 0.2) is 8.32 Å². The first kappa shape index (κ1) is 24.5. The number of ether oxygens (including phenoxy) is 2. The Morgan fingerprint density at radius 1 is 1.07 bits per heavy atom. The molecule has 164 valence electrons. The molecule has 0 amide bonds. The van der Waals surface area contributed by atoms with Crippen molar-refractivity contribution >= 4 is 26.0 Å². The van der Waals surface area contributed by atoms with E-state index >= 15 is 0 Å². The molecule has 2 rings (SSSR count). The Morgan fingerprint density at radius 2 is 1.70 bits per heavy atom. The van der Waals surface area contributed by atoms with Crippen LogP contribution >= 0.6 is 11.8 Å². The van der Waals surface area contributed by atoms with Gasteiger partial charge in [0, 0.05) is 9.79 Å². The molecule has 0 unspecified atom stereocenters. The summed E-state index contributed by atoms with van der Waals surface area (Å²) in [6, 6.07) is 13.8. The zero-order chi connectivity index (χ0) is 22.5. The molecule has 0 aromatic heterocycles. The minimum absolute atomic E-state index is 0.135. The Labute approximate surface area is 186 Å². The Balaban J connectivity index is 2.17. The first-order chi connectivity index (χ1) is 13.9. The number of methoxy groups -OCH3 is 1. The number of hydrogen-bond donors (Lipinski definition) is 0. The molecule has 0 saturated heterocycles. The van der Waals surface area contributed by atoms with Crippen molar-refractivity contribution in [1.82, 2.24) is 0 Å². The number of carbonyl (C=O) groups excluding carboxylic acids is 1. The van der Waals surface area contributed by atoms with E-state index in [4.69, 9.17) is 13.9 Å². The summed E-state index contributed by atoms with van der Waals surface area (Å²) in [4.78, 5) is 14.2. The van der Waals surface area contributed by atoms with E-state index < -0.39 is 8.32 Å². The molecular weight excluding hydrogens is 412 g/mol. The molecule has 2 aromatic rings. The number of carbonyl (C=O) groups is 1. The summed E-state index contributed by atoms with van der Waals surface area (Å²) in [6.45, 7) is 15.7. The van der Waals surface area contributed by atoms with Gasteiger partial charge in [0.25, 0.3) is 0 Å². The van der Waals surface area contributed by atoms with Crippen LogP contribution in [-0.2, 0) is 9.16 Å². The minimum atomic E-state index is -1.84. The van der Waals surface area contributed by atoms with Crippen molar-refractivity contribution in [3.05, 3.63) is 53.6 Å². The maximum absolute atomic E-state index is 12.2. The standard InChI is InChI=1S/C24H34O4SSi/c1-17-9-11-21(12-10-17)29-22-14-19(23(25)26-6)13-20(15-22)28-18(2)16-27-30(7,8)24(3,4)5/h9-15,18H,16H2,1-8H3/t18-/m0/s1. The first-order valence-electron chi connectivity index (χ1n) is 10.2. The van der Waals surface area contributed by atoms with Crippen molar-refractivity contribution in [3.63, 3.8) is 0 Å². The molecule has 0 aliphatic rings. The Kier molecular flexibility index (Phi) is 8.19. The summed E-state index contributed by atoms with van der Waals surface area (Å²) in [6.07, 6.45) is -0.135. The summed E-state index contributed by atoms with van der Waals surface area (Å²) in [5.41, 5.74) is 1.68. The maximum atomic E-state index is 12.2. The molecule has 0 fully saturated rings. The second kappa shape index (κ2) is 10.0. The molecule has 0 heterocycles. The summed E-state index contributed by atoms with van der Waals surface area (Å²) in [7, 11) is -0.457. The van der Waals surface area contributed by atoms with Crippen LogP contribution in [0.4, 0.5) is 0 Å². The van der Waals surface area contributed by atoms with Crippen LogP contribution in [0.1, 0.15) is 43.6 Å². The van der Waals surface area contributed by atoms with E-state index in [9.17, 15) is 4.79 Å². The SMILES string of the molecule is COC(=O)c1cc(O[C@@H](C)CO[Si](C)(C)C(C)(C)C)cc(Sc2ccc(C)cc2)c1. The molecule has 0 aliphatic heterocycles. The van der Waals surface area contributed by atoms with Crippen molar-refractivity contribution in [1.29, 1.82) is 0 Å². The van der Waals surface area contributed by atoms with Crippen molar-refractivity contribution in [2.75, 3.05) is 13.7 Å². The van der Waals surface area contributed by atoms with E-state index in [1.165, 1.54) is 12.7 Å². The second-order valence-corrected chi connectivity index (χ2v) is 15.1. The molecule has 0 aliphatic carbocycles. The molecule has 0 radical (unpaired) electrons. The highest BCUT2D eigenvalue weighted by Crippen LogP contribution is 2.37. The van der Waals surface area contributed by atoms with E-state index in [1.54, 1.807) is 17.8 Å². The fourth-order valence-corrected chi connectivity index (χ4v) is 4.48. The normalized spacial score (nSPS) is 13.1. The fourth-order valence-electron chi connectivity index (χ4n) is 2.49. The highest BCUT2D eigenvalue weighted by Gasteiger charge is 2.37. The summed E-state index contributed by atoms with van der Waals surface area (Å²) in [5.74, 6) is 0.259. The zero-order valence-corrected chi connectivity index (χ0v) is 21.2. The van der Waals surface area contributed by atoms with Gasteiger partial charge in [-0.15, -0.1) is 0 Å². The third kappa shape index (κ3) is 6.89. The number of aryl methyl sites for hydroxylation is 1. The van der Waals surface area contributed by atoms with E-state index in [-0.39, 0.29) is 17.1 Å². The highest BCUT2D eigenvalue weighted by atomic mass is 32.2. The molecule has 0 spiro atoms. The van der Waals surface area contributed by atoms with Gasteiger partial charge < -0.3 is 13.9 Å². The largest absolute Gasteiger partial charge is 0.488 e. The van der Waals surface area contributed by atoms with E-state index in [0.717, 1.165) is 9.79 Å². The van der Waals surface area contributed by atoms with Gasteiger partial charge in [0.05, 0.1) is 19.3 Å². The fraction of sp³-hybridized carbons (Fsp3) is 0.458. The quantitative estimate of drug-likeness (QED) is 0.332. The molecular formula is C24H34O4SSi. The van der Waals surface area contributed by atoms with Crippen molar-refractivity contribution < 1.29 is 18.7 Å². The lowest BCUT2D eigenvalue weighted by molar-refractivity contribution is 0.0599. The molecule has 1 atom stereocenters. The summed E-state index contributed by atoms with van der Waals surface area (Å²) >= 11 is 1.59. The van der Waals surface area contributed by atoms with Crippen LogP contribution < -0.4 is 4.74 Å². The summed E-state index contributed by atoms with van der Waals surface area (Å²) in [5, 5.41) is 0.148. The van der Waals surface area contributed by atoms with Crippen LogP contribution in [0.2, 0.25) is 18.1 Å². The predicted molar refractivity (Wildman–Crippen MR) is 126 cm³/mol. The smallest absolute Gasteiger partial charge is 0.338 e. The van der Waals surface area contributed by atoms with Crippen LogP contribution in [0.25, 0.3) is 0 Å². The van der Waals surface area contributed by atoms with Gasteiger partial charge in [0.2, 0.25) is 0 Å². The lowest BCUT2D eigenvalue weighted by Crippen LogP contribution is -2.43. The van der Waals surface area contributed by atoms with Gasteiger partial charge in [-0.2, -0.15) is 0 Å². The van der Waals surface area contributed by atoms with E-state index in [1.807, 2.05) is 19.1 Å². The van der Waals surface area contributed by atoms with Gasteiger partial charge >= 0.3 is 5.97 Å². The molecule has 0 bridgehead atoms. The lowest BCUT2D eigenvalue weighted by Gasteiger charge is -2.36. The van der Waals surface area contributed by atoms with E-state index in [2.05, 4.69) is 65.1 Å². The van der Waals surface area contributed by atoms with Crippen LogP contribution in [0, 0.1) is 6.92 Å². The number of benzene rings is 2. The molecule has 6 heteroatoms. The van der Waals surface area contributed by atoms with Gasteiger partial charge in [-0.1, -0.05) is 50.2 Å². The van der Waals surface area contributed by atoms with E-state index in [0.29, 0.717) is 17.9 Å². The zero-order valence-electron chi connectivity index (χ0n) is 19.4. The highest BCUT2D eigenvalue weighted by molar-refractivity contribution is 7.99. The van der Waals surface area contributed by atoms with Crippen LogP contribution in [-0.4, -0.2) is 34.1 Å². The lowest BCUT2D eigenvalue weighted by atomic mass is 10.2. The molecule has 0 N–H and O–H groups in total. The third-order valence-corrected chi connectivity index (χ3v) is 10.9. The molecule has 4 nitrogen and oxygen atoms in total. The van der Waals surface area contributed by atoms with Crippen LogP contribution in [0.5, 0.6) is 5.75 Å². The average molecular weight is 447 g/mol. The number of hydrogen-bond acceptors (Lipinski definition) is 5.